The number of benzene rings is 1. The molecule has 2 aromatic rings. The van der Waals surface area contributed by atoms with Crippen molar-refractivity contribution in [3.05, 3.63) is 46.0 Å². The standard InChI is InChI=1S/C11H9BrClN3O2S/c12-8-2-1-5-15-11(8)16-19(17,18)10-4-3-7(14)6-9(10)13/h1-6H,14H2,(H,15,16). The molecule has 1 aromatic heterocycles. The average Bonchev–Trinajstić information content (AvgIpc) is 2.31. The molecule has 0 aliphatic heterocycles. The van der Waals surface area contributed by atoms with E-state index in [2.05, 4.69) is 25.6 Å². The first-order chi connectivity index (χ1) is 8.90. The molecule has 0 atom stereocenters. The van der Waals surface area contributed by atoms with Gasteiger partial charge in [0.15, 0.2) is 5.82 Å². The van der Waals surface area contributed by atoms with Crippen LogP contribution in [0.1, 0.15) is 0 Å². The van der Waals surface area contributed by atoms with E-state index in [9.17, 15) is 8.42 Å². The van der Waals surface area contributed by atoms with Crippen LogP contribution in [0.25, 0.3) is 0 Å². The van der Waals surface area contributed by atoms with Gasteiger partial charge < -0.3 is 5.73 Å². The first-order valence-corrected chi connectivity index (χ1v) is 7.74. The second-order valence-corrected chi connectivity index (χ2v) is 6.54. The Morgan fingerprint density at radius 3 is 2.68 bits per heavy atom. The van der Waals surface area contributed by atoms with E-state index >= 15 is 0 Å². The minimum Gasteiger partial charge on any atom is -0.399 e. The van der Waals surface area contributed by atoms with Gasteiger partial charge in [-0.05, 0) is 46.3 Å². The zero-order valence-electron chi connectivity index (χ0n) is 9.47. The maximum absolute atomic E-state index is 12.2. The van der Waals surface area contributed by atoms with Crippen LogP contribution in [0.3, 0.4) is 0 Å². The van der Waals surface area contributed by atoms with Gasteiger partial charge in [-0.3, -0.25) is 4.72 Å². The summed E-state index contributed by atoms with van der Waals surface area (Å²) < 4.78 is 27.3. The number of nitrogens with zero attached hydrogens (tertiary/aromatic N) is 1. The number of rotatable bonds is 3. The smallest absolute Gasteiger partial charge is 0.264 e. The third kappa shape index (κ3) is 3.17. The molecule has 0 unspecified atom stereocenters. The minimum atomic E-state index is -3.81. The van der Waals surface area contributed by atoms with Crippen molar-refractivity contribution in [1.29, 1.82) is 0 Å². The lowest BCUT2D eigenvalue weighted by Crippen LogP contribution is -2.14. The number of nitrogens with two attached hydrogens (primary N) is 1. The lowest BCUT2D eigenvalue weighted by molar-refractivity contribution is 0.601. The van der Waals surface area contributed by atoms with Crippen LogP contribution >= 0.6 is 27.5 Å². The highest BCUT2D eigenvalue weighted by atomic mass is 79.9. The molecule has 19 heavy (non-hydrogen) atoms. The Morgan fingerprint density at radius 2 is 2.05 bits per heavy atom. The Labute approximate surface area is 124 Å². The van der Waals surface area contributed by atoms with Gasteiger partial charge in [0.1, 0.15) is 4.90 Å². The molecule has 0 radical (unpaired) electrons. The lowest BCUT2D eigenvalue weighted by Gasteiger charge is -2.10. The summed E-state index contributed by atoms with van der Waals surface area (Å²) in [6.45, 7) is 0. The summed E-state index contributed by atoms with van der Waals surface area (Å²) in [6, 6.07) is 7.54. The molecular formula is C11H9BrClN3O2S. The highest BCUT2D eigenvalue weighted by Crippen LogP contribution is 2.27. The van der Waals surface area contributed by atoms with Crippen LogP contribution in [-0.2, 0) is 10.0 Å². The molecular weight excluding hydrogens is 354 g/mol. The van der Waals surface area contributed by atoms with Crippen molar-refractivity contribution in [3.63, 3.8) is 0 Å². The molecule has 3 N–H and O–H groups in total. The van der Waals surface area contributed by atoms with Crippen molar-refractivity contribution in [2.75, 3.05) is 10.5 Å². The molecule has 100 valence electrons. The van der Waals surface area contributed by atoms with E-state index in [-0.39, 0.29) is 15.7 Å². The summed E-state index contributed by atoms with van der Waals surface area (Å²) in [5.74, 6) is 0.190. The normalized spacial score (nSPS) is 11.3. The Hall–Kier alpha value is -1.31. The quantitative estimate of drug-likeness (QED) is 0.822. The van der Waals surface area contributed by atoms with E-state index in [1.54, 1.807) is 12.1 Å². The number of aromatic nitrogens is 1. The highest BCUT2D eigenvalue weighted by molar-refractivity contribution is 9.10. The Morgan fingerprint density at radius 1 is 1.32 bits per heavy atom. The maximum Gasteiger partial charge on any atom is 0.264 e. The van der Waals surface area contributed by atoms with Gasteiger partial charge >= 0.3 is 0 Å². The topological polar surface area (TPSA) is 85.1 Å². The van der Waals surface area contributed by atoms with E-state index in [0.717, 1.165) is 0 Å². The van der Waals surface area contributed by atoms with Gasteiger partial charge in [-0.1, -0.05) is 11.6 Å². The van der Waals surface area contributed by atoms with Crippen molar-refractivity contribution >= 4 is 49.1 Å². The maximum atomic E-state index is 12.2. The number of nitrogens with one attached hydrogen (secondary N) is 1. The van der Waals surface area contributed by atoms with Gasteiger partial charge in [0, 0.05) is 11.9 Å². The van der Waals surface area contributed by atoms with Gasteiger partial charge in [-0.2, -0.15) is 0 Å². The van der Waals surface area contributed by atoms with E-state index in [1.165, 1.54) is 24.4 Å². The molecule has 1 aromatic carbocycles. The number of hydrogen-bond donors (Lipinski definition) is 2. The first kappa shape index (κ1) is 14.1. The van der Waals surface area contributed by atoms with Crippen LogP contribution in [-0.4, -0.2) is 13.4 Å². The number of anilines is 2. The molecule has 0 spiro atoms. The Balaban J connectivity index is 2.41. The van der Waals surface area contributed by atoms with Crippen molar-refractivity contribution in [2.45, 2.75) is 4.90 Å². The zero-order chi connectivity index (χ0) is 14.0. The van der Waals surface area contributed by atoms with E-state index in [1.807, 2.05) is 0 Å². The molecule has 1 heterocycles. The van der Waals surface area contributed by atoms with Crippen LogP contribution in [0, 0.1) is 0 Å². The van der Waals surface area contributed by atoms with Gasteiger partial charge in [-0.25, -0.2) is 13.4 Å². The van der Waals surface area contributed by atoms with Crippen LogP contribution in [0.2, 0.25) is 5.02 Å². The number of sulfonamides is 1. The molecule has 0 aliphatic carbocycles. The van der Waals surface area contributed by atoms with Gasteiger partial charge in [0.25, 0.3) is 10.0 Å². The number of nitrogen functional groups attached to an aromatic ring is 1. The van der Waals surface area contributed by atoms with Crippen molar-refractivity contribution in [1.82, 2.24) is 4.98 Å². The van der Waals surface area contributed by atoms with Gasteiger partial charge in [0.2, 0.25) is 0 Å². The number of hydrogen-bond acceptors (Lipinski definition) is 4. The molecule has 0 aliphatic rings. The Bertz CT molecular complexity index is 722. The predicted octanol–water partition coefficient (Wildman–Crippen LogP) is 2.88. The molecule has 0 bridgehead atoms. The molecule has 0 fully saturated rings. The summed E-state index contributed by atoms with van der Waals surface area (Å²) in [5, 5.41) is 0.0551. The SMILES string of the molecule is Nc1ccc(S(=O)(=O)Nc2ncccc2Br)c(Cl)c1. The summed E-state index contributed by atoms with van der Waals surface area (Å²) in [6.07, 6.45) is 1.48. The fraction of sp³-hybridized carbons (Fsp3) is 0. The third-order valence-electron chi connectivity index (χ3n) is 2.23. The second-order valence-electron chi connectivity index (χ2n) is 3.63. The molecule has 0 saturated carbocycles. The van der Waals surface area contributed by atoms with E-state index in [0.29, 0.717) is 10.2 Å². The van der Waals surface area contributed by atoms with Crippen LogP contribution in [0.4, 0.5) is 11.5 Å². The van der Waals surface area contributed by atoms with Gasteiger partial charge in [0.05, 0.1) is 9.50 Å². The third-order valence-corrected chi connectivity index (χ3v) is 4.70. The van der Waals surface area contributed by atoms with Crippen LogP contribution in [0.5, 0.6) is 0 Å². The molecule has 5 nitrogen and oxygen atoms in total. The summed E-state index contributed by atoms with van der Waals surface area (Å²) in [4.78, 5) is 3.88. The fourth-order valence-corrected chi connectivity index (χ4v) is 3.45. The monoisotopic (exact) mass is 361 g/mol. The van der Waals surface area contributed by atoms with Gasteiger partial charge in [-0.15, -0.1) is 0 Å². The number of halogens is 2. The summed E-state index contributed by atoms with van der Waals surface area (Å²) in [7, 11) is -3.81. The highest BCUT2D eigenvalue weighted by Gasteiger charge is 2.19. The van der Waals surface area contributed by atoms with Crippen molar-refractivity contribution in [2.24, 2.45) is 0 Å². The predicted molar refractivity (Wildman–Crippen MR) is 78.6 cm³/mol. The van der Waals surface area contributed by atoms with E-state index in [4.69, 9.17) is 17.3 Å². The number of pyridine rings is 1. The van der Waals surface area contributed by atoms with Crippen molar-refractivity contribution < 1.29 is 8.42 Å². The second kappa shape index (κ2) is 5.36. The Kier molecular flexibility index (Phi) is 3.98. The van der Waals surface area contributed by atoms with Crippen LogP contribution < -0.4 is 10.5 Å². The summed E-state index contributed by atoms with van der Waals surface area (Å²) >= 11 is 9.10. The zero-order valence-corrected chi connectivity index (χ0v) is 12.6. The average molecular weight is 363 g/mol. The largest absolute Gasteiger partial charge is 0.399 e. The molecule has 8 heteroatoms. The molecule has 2 rings (SSSR count). The van der Waals surface area contributed by atoms with Crippen LogP contribution in [0.15, 0.2) is 45.9 Å². The summed E-state index contributed by atoms with van der Waals surface area (Å²) in [5.41, 5.74) is 5.92. The van der Waals surface area contributed by atoms with Crippen molar-refractivity contribution in [3.8, 4) is 0 Å². The minimum absolute atomic E-state index is 0.0547. The van der Waals surface area contributed by atoms with E-state index < -0.39 is 10.0 Å². The lowest BCUT2D eigenvalue weighted by atomic mass is 10.3. The fourth-order valence-electron chi connectivity index (χ4n) is 1.38. The molecule has 0 saturated heterocycles. The first-order valence-electron chi connectivity index (χ1n) is 5.08. The molecule has 0 amide bonds.